The summed E-state index contributed by atoms with van der Waals surface area (Å²) in [7, 11) is 0. The summed E-state index contributed by atoms with van der Waals surface area (Å²) >= 11 is 0. The van der Waals surface area contributed by atoms with Crippen molar-refractivity contribution < 1.29 is 14.6 Å². The number of hydrogen-bond donors (Lipinski definition) is 2. The van der Waals surface area contributed by atoms with Gasteiger partial charge < -0.3 is 15.2 Å². The largest absolute Gasteiger partial charge is 0.494 e. The van der Waals surface area contributed by atoms with Crippen LogP contribution in [0.5, 0.6) is 5.75 Å². The highest BCUT2D eigenvalue weighted by Crippen LogP contribution is 2.09. The summed E-state index contributed by atoms with van der Waals surface area (Å²) in [5.74, 6) is 0.105. The molecule has 0 aliphatic carbocycles. The smallest absolute Gasteiger partial charge is 0.322 e. The molecular weight excluding hydrogens is 244 g/mol. The van der Waals surface area contributed by atoms with E-state index in [1.165, 1.54) is 0 Å². The van der Waals surface area contributed by atoms with Gasteiger partial charge in [0.25, 0.3) is 0 Å². The average Bonchev–Trinajstić information content (AvgIpc) is 2.45. The molecule has 0 bridgehead atoms. The van der Waals surface area contributed by atoms with E-state index in [-0.39, 0.29) is 0 Å². The second kappa shape index (κ2) is 7.11. The third kappa shape index (κ3) is 4.22. The van der Waals surface area contributed by atoms with Gasteiger partial charge in [-0.1, -0.05) is 18.2 Å². The van der Waals surface area contributed by atoms with Crippen molar-refractivity contribution >= 4 is 5.97 Å². The minimum absolute atomic E-state index is 0.412. The summed E-state index contributed by atoms with van der Waals surface area (Å²) in [6.45, 7) is 3.52. The van der Waals surface area contributed by atoms with Crippen molar-refractivity contribution in [3.8, 4) is 5.75 Å². The molecule has 0 saturated carbocycles. The summed E-state index contributed by atoms with van der Waals surface area (Å²) in [4.78, 5) is 13.1. The van der Waals surface area contributed by atoms with Gasteiger partial charge in [0, 0.05) is 26.2 Å². The lowest BCUT2D eigenvalue weighted by atomic mass is 10.2. The normalized spacial score (nSPS) is 20.1. The Kier molecular flexibility index (Phi) is 5.18. The van der Waals surface area contributed by atoms with Gasteiger partial charge in [-0.15, -0.1) is 0 Å². The van der Waals surface area contributed by atoms with E-state index >= 15 is 0 Å². The van der Waals surface area contributed by atoms with Crippen molar-refractivity contribution in [1.29, 1.82) is 0 Å². The van der Waals surface area contributed by atoms with Crippen molar-refractivity contribution in [2.45, 2.75) is 12.5 Å². The Hall–Kier alpha value is -1.59. The molecule has 1 fully saturated rings. The van der Waals surface area contributed by atoms with Crippen molar-refractivity contribution in [3.05, 3.63) is 30.3 Å². The van der Waals surface area contributed by atoms with E-state index in [1.54, 1.807) is 0 Å². The van der Waals surface area contributed by atoms with Gasteiger partial charge in [0.1, 0.15) is 11.8 Å². The number of nitrogens with one attached hydrogen (secondary N) is 1. The molecule has 1 atom stereocenters. The maximum atomic E-state index is 11.1. The van der Waals surface area contributed by atoms with E-state index in [9.17, 15) is 4.79 Å². The number of piperazine rings is 1. The molecule has 0 aromatic heterocycles. The van der Waals surface area contributed by atoms with Gasteiger partial charge in [0.15, 0.2) is 0 Å². The Morgan fingerprint density at radius 2 is 2.21 bits per heavy atom. The molecule has 1 heterocycles. The van der Waals surface area contributed by atoms with Crippen LogP contribution < -0.4 is 10.1 Å². The molecule has 104 valence electrons. The van der Waals surface area contributed by atoms with E-state index in [1.807, 2.05) is 35.2 Å². The molecule has 0 amide bonds. The van der Waals surface area contributed by atoms with Crippen LogP contribution in [0.1, 0.15) is 6.42 Å². The van der Waals surface area contributed by atoms with Crippen molar-refractivity contribution in [1.82, 2.24) is 10.2 Å². The molecule has 2 rings (SSSR count). The number of benzene rings is 1. The summed E-state index contributed by atoms with van der Waals surface area (Å²) in [5.41, 5.74) is 0. The van der Waals surface area contributed by atoms with Gasteiger partial charge in [-0.2, -0.15) is 0 Å². The Morgan fingerprint density at radius 3 is 2.95 bits per heavy atom. The van der Waals surface area contributed by atoms with Gasteiger partial charge in [-0.25, -0.2) is 0 Å². The van der Waals surface area contributed by atoms with Crippen LogP contribution in [-0.4, -0.2) is 54.8 Å². The lowest BCUT2D eigenvalue weighted by Crippen LogP contribution is -2.55. The molecule has 1 unspecified atom stereocenters. The molecule has 1 aromatic rings. The lowest BCUT2D eigenvalue weighted by molar-refractivity contribution is -0.144. The third-order valence-electron chi connectivity index (χ3n) is 3.24. The van der Waals surface area contributed by atoms with E-state index < -0.39 is 12.0 Å². The molecule has 2 N–H and O–H groups in total. The predicted octanol–water partition coefficient (Wildman–Crippen LogP) is 0.814. The number of carbonyl (C=O) groups is 1. The number of para-hydroxylation sites is 1. The first-order valence-electron chi connectivity index (χ1n) is 6.63. The average molecular weight is 264 g/mol. The first-order chi connectivity index (χ1) is 9.27. The number of aliphatic carboxylic acids is 1. The molecule has 19 heavy (non-hydrogen) atoms. The zero-order valence-corrected chi connectivity index (χ0v) is 10.9. The number of nitrogens with zero attached hydrogens (tertiary/aromatic N) is 1. The first-order valence-corrected chi connectivity index (χ1v) is 6.63. The fourth-order valence-corrected chi connectivity index (χ4v) is 2.23. The molecule has 1 aliphatic rings. The molecule has 1 saturated heterocycles. The zero-order valence-electron chi connectivity index (χ0n) is 10.9. The van der Waals surface area contributed by atoms with E-state index in [0.29, 0.717) is 13.2 Å². The van der Waals surface area contributed by atoms with E-state index in [4.69, 9.17) is 9.84 Å². The summed E-state index contributed by atoms with van der Waals surface area (Å²) < 4.78 is 5.60. The highest BCUT2D eigenvalue weighted by atomic mass is 16.5. The van der Waals surface area contributed by atoms with Crippen molar-refractivity contribution in [2.24, 2.45) is 0 Å². The summed E-state index contributed by atoms with van der Waals surface area (Å²) in [6, 6.07) is 9.25. The van der Waals surface area contributed by atoms with Crippen molar-refractivity contribution in [3.63, 3.8) is 0 Å². The molecule has 5 heteroatoms. The van der Waals surface area contributed by atoms with Crippen LogP contribution in [0, 0.1) is 0 Å². The van der Waals surface area contributed by atoms with Gasteiger partial charge in [0.2, 0.25) is 0 Å². The lowest BCUT2D eigenvalue weighted by Gasteiger charge is -2.33. The molecule has 5 nitrogen and oxygen atoms in total. The summed E-state index contributed by atoms with van der Waals surface area (Å²) in [5, 5.41) is 12.2. The molecule has 1 aliphatic heterocycles. The number of carboxylic acids is 1. The minimum Gasteiger partial charge on any atom is -0.494 e. The number of hydrogen-bond acceptors (Lipinski definition) is 4. The predicted molar refractivity (Wildman–Crippen MR) is 72.4 cm³/mol. The first kappa shape index (κ1) is 13.8. The Bertz CT molecular complexity index is 397. The number of ether oxygens (including phenoxy) is 1. The molecule has 0 radical (unpaired) electrons. The maximum Gasteiger partial charge on any atom is 0.322 e. The highest BCUT2D eigenvalue weighted by molar-refractivity contribution is 5.73. The third-order valence-corrected chi connectivity index (χ3v) is 3.24. The van der Waals surface area contributed by atoms with Gasteiger partial charge in [0.05, 0.1) is 6.61 Å². The fourth-order valence-electron chi connectivity index (χ4n) is 2.23. The van der Waals surface area contributed by atoms with Crippen LogP contribution in [0.25, 0.3) is 0 Å². The second-order valence-corrected chi connectivity index (χ2v) is 4.61. The van der Waals surface area contributed by atoms with E-state index in [0.717, 1.165) is 31.8 Å². The van der Waals surface area contributed by atoms with Crippen LogP contribution in [-0.2, 0) is 4.79 Å². The molecule has 0 spiro atoms. The van der Waals surface area contributed by atoms with Crippen LogP contribution in [0.15, 0.2) is 30.3 Å². The van der Waals surface area contributed by atoms with Gasteiger partial charge >= 0.3 is 5.97 Å². The summed E-state index contributed by atoms with van der Waals surface area (Å²) in [6.07, 6.45) is 0.832. The highest BCUT2D eigenvalue weighted by Gasteiger charge is 2.27. The standard InChI is InChI=1S/C14H20N2O3/c17-14(18)13-11-15-7-9-16(13)8-4-10-19-12-5-2-1-3-6-12/h1-3,5-6,13,15H,4,7-11H2,(H,17,18). The van der Waals surface area contributed by atoms with E-state index in [2.05, 4.69) is 5.32 Å². The Balaban J connectivity index is 1.71. The van der Waals surface area contributed by atoms with Gasteiger partial charge in [-0.3, -0.25) is 9.69 Å². The second-order valence-electron chi connectivity index (χ2n) is 4.61. The SMILES string of the molecule is O=C(O)C1CNCCN1CCCOc1ccccc1. The van der Waals surface area contributed by atoms with Crippen LogP contribution >= 0.6 is 0 Å². The Labute approximate surface area is 113 Å². The molecule has 1 aromatic carbocycles. The maximum absolute atomic E-state index is 11.1. The number of rotatable bonds is 6. The van der Waals surface area contributed by atoms with Crippen LogP contribution in [0.3, 0.4) is 0 Å². The van der Waals surface area contributed by atoms with Gasteiger partial charge in [-0.05, 0) is 18.6 Å². The van der Waals surface area contributed by atoms with Crippen LogP contribution in [0.2, 0.25) is 0 Å². The molecular formula is C14H20N2O3. The topological polar surface area (TPSA) is 61.8 Å². The quantitative estimate of drug-likeness (QED) is 0.745. The Morgan fingerprint density at radius 1 is 1.42 bits per heavy atom. The fraction of sp³-hybridized carbons (Fsp3) is 0.500. The van der Waals surface area contributed by atoms with Crippen LogP contribution in [0.4, 0.5) is 0 Å². The minimum atomic E-state index is -0.754. The number of carboxylic acid groups (broad SMARTS) is 1. The monoisotopic (exact) mass is 264 g/mol. The van der Waals surface area contributed by atoms with Crippen molar-refractivity contribution in [2.75, 3.05) is 32.8 Å². The zero-order chi connectivity index (χ0) is 13.5.